The molecule has 0 aliphatic heterocycles. The molecule has 0 saturated carbocycles. The van der Waals surface area contributed by atoms with E-state index in [4.69, 9.17) is 28.6 Å². The van der Waals surface area contributed by atoms with Crippen molar-refractivity contribution in [3.05, 3.63) is 63.6 Å². The Morgan fingerprint density at radius 3 is 2.81 bits per heavy atom. The molecule has 26 heavy (non-hydrogen) atoms. The van der Waals surface area contributed by atoms with E-state index in [1.807, 2.05) is 31.2 Å². The molecule has 0 saturated heterocycles. The van der Waals surface area contributed by atoms with Crippen LogP contribution in [0, 0.1) is 10.6 Å². The fraction of sp³-hybridized carbons (Fsp3) is 0.118. The summed E-state index contributed by atoms with van der Waals surface area (Å²) in [7, 11) is 0. The van der Waals surface area contributed by atoms with Crippen LogP contribution in [-0.2, 0) is 0 Å². The monoisotopic (exact) mass is 391 g/mol. The van der Waals surface area contributed by atoms with Gasteiger partial charge in [-0.05, 0) is 55.5 Å². The van der Waals surface area contributed by atoms with Crippen molar-refractivity contribution in [1.82, 2.24) is 14.9 Å². The molecule has 0 spiro atoms. The van der Waals surface area contributed by atoms with Gasteiger partial charge in [0.25, 0.3) is 0 Å². The van der Waals surface area contributed by atoms with E-state index in [2.05, 4.69) is 20.8 Å². The summed E-state index contributed by atoms with van der Waals surface area (Å²) in [5, 5.41) is 11.2. The molecule has 0 atom stereocenters. The van der Waals surface area contributed by atoms with Gasteiger partial charge in [-0.2, -0.15) is 14.9 Å². The molecule has 0 amide bonds. The van der Waals surface area contributed by atoms with Gasteiger partial charge in [0.2, 0.25) is 4.77 Å². The first-order valence-electron chi connectivity index (χ1n) is 7.74. The van der Waals surface area contributed by atoms with Crippen LogP contribution in [0.1, 0.15) is 12.5 Å². The molecule has 1 heterocycles. The fourth-order valence-corrected chi connectivity index (χ4v) is 2.62. The van der Waals surface area contributed by atoms with E-state index in [9.17, 15) is 4.39 Å². The molecule has 0 aliphatic carbocycles. The van der Waals surface area contributed by atoms with E-state index in [1.165, 1.54) is 23.0 Å². The molecule has 2 aromatic carbocycles. The number of halogens is 2. The third-order valence-corrected chi connectivity index (χ3v) is 4.05. The highest BCUT2D eigenvalue weighted by atomic mass is 35.5. The van der Waals surface area contributed by atoms with Gasteiger partial charge in [-0.1, -0.05) is 17.7 Å². The van der Waals surface area contributed by atoms with Gasteiger partial charge >= 0.3 is 0 Å². The molecule has 2 N–H and O–H groups in total. The smallest absolute Gasteiger partial charge is 0.216 e. The number of benzene rings is 2. The number of aromatic nitrogens is 3. The van der Waals surface area contributed by atoms with Crippen LogP contribution in [0.25, 0.3) is 11.4 Å². The number of nitrogens with one attached hydrogen (secondary N) is 2. The van der Waals surface area contributed by atoms with Gasteiger partial charge in [0.1, 0.15) is 11.6 Å². The Hall–Kier alpha value is -2.71. The van der Waals surface area contributed by atoms with E-state index in [-0.39, 0.29) is 10.6 Å². The molecule has 134 valence electrons. The van der Waals surface area contributed by atoms with Gasteiger partial charge in [0, 0.05) is 11.1 Å². The second-order valence-electron chi connectivity index (χ2n) is 5.14. The summed E-state index contributed by atoms with van der Waals surface area (Å²) in [6.45, 7) is 2.51. The number of nitrogens with zero attached hydrogens (tertiary/aromatic N) is 3. The van der Waals surface area contributed by atoms with Crippen LogP contribution >= 0.6 is 23.8 Å². The number of rotatable bonds is 6. The van der Waals surface area contributed by atoms with Gasteiger partial charge in [-0.25, -0.2) is 15.0 Å². The maximum absolute atomic E-state index is 13.8. The first-order valence-corrected chi connectivity index (χ1v) is 8.52. The molecule has 9 heteroatoms. The lowest BCUT2D eigenvalue weighted by atomic mass is 10.2. The van der Waals surface area contributed by atoms with Crippen LogP contribution in [0.2, 0.25) is 5.02 Å². The molecule has 1 aromatic heterocycles. The summed E-state index contributed by atoms with van der Waals surface area (Å²) in [5.41, 5.74) is 3.71. The topological polar surface area (TPSA) is 67.2 Å². The number of aromatic amines is 1. The van der Waals surface area contributed by atoms with Crippen molar-refractivity contribution < 1.29 is 9.13 Å². The standard InChI is InChI=1S/C17H15ClFN5OS/c1-2-25-12-8-6-11(7-9-12)16-21-22-17(26)24(16)23-20-10-13-14(18)4-3-5-15(13)19/h3-10,23H,2H2,1H3,(H,22,26). The molecule has 3 aromatic rings. The number of ether oxygens (including phenoxy) is 1. The number of hydrazone groups is 1. The molecule has 0 fully saturated rings. The minimum absolute atomic E-state index is 0.180. The van der Waals surface area contributed by atoms with Crippen molar-refractivity contribution >= 4 is 30.0 Å². The second kappa shape index (κ2) is 8.11. The van der Waals surface area contributed by atoms with Crippen molar-refractivity contribution in [3.8, 4) is 17.1 Å². The van der Waals surface area contributed by atoms with E-state index >= 15 is 0 Å². The van der Waals surface area contributed by atoms with Crippen molar-refractivity contribution in [3.63, 3.8) is 0 Å². The van der Waals surface area contributed by atoms with Crippen molar-refractivity contribution in [2.45, 2.75) is 6.92 Å². The Morgan fingerprint density at radius 2 is 2.12 bits per heavy atom. The number of hydrogen-bond donors (Lipinski definition) is 2. The zero-order valence-corrected chi connectivity index (χ0v) is 15.3. The Kier molecular flexibility index (Phi) is 5.65. The van der Waals surface area contributed by atoms with E-state index in [1.54, 1.807) is 6.07 Å². The largest absolute Gasteiger partial charge is 0.494 e. The van der Waals surface area contributed by atoms with Crippen molar-refractivity contribution in [1.29, 1.82) is 0 Å². The van der Waals surface area contributed by atoms with Gasteiger partial charge in [0.05, 0.1) is 17.8 Å². The molecule has 0 unspecified atom stereocenters. The first-order chi connectivity index (χ1) is 12.6. The summed E-state index contributed by atoms with van der Waals surface area (Å²) in [6, 6.07) is 11.8. The Labute approximate surface area is 159 Å². The average Bonchev–Trinajstić information content (AvgIpc) is 2.99. The Balaban J connectivity index is 1.84. The molecular formula is C17H15ClFN5OS. The average molecular weight is 392 g/mol. The molecule has 3 rings (SSSR count). The lowest BCUT2D eigenvalue weighted by Crippen LogP contribution is -2.11. The summed E-state index contributed by atoms with van der Waals surface area (Å²) < 4.78 is 21.0. The molecule has 0 radical (unpaired) electrons. The normalized spacial score (nSPS) is 11.0. The maximum atomic E-state index is 13.8. The third-order valence-electron chi connectivity index (χ3n) is 3.45. The Bertz CT molecular complexity index is 963. The van der Waals surface area contributed by atoms with Crippen LogP contribution in [0.3, 0.4) is 0 Å². The molecule has 6 nitrogen and oxygen atoms in total. The second-order valence-corrected chi connectivity index (χ2v) is 5.93. The van der Waals surface area contributed by atoms with Crippen molar-refractivity contribution in [2.75, 3.05) is 12.1 Å². The predicted molar refractivity (Wildman–Crippen MR) is 102 cm³/mol. The summed E-state index contributed by atoms with van der Waals surface area (Å²) >= 11 is 11.2. The SMILES string of the molecule is CCOc1ccc(-c2n[nH]c(=S)n2NN=Cc2c(F)cccc2Cl)cc1. The van der Waals surface area contributed by atoms with Crippen LogP contribution < -0.4 is 10.3 Å². The summed E-state index contributed by atoms with van der Waals surface area (Å²) in [6.07, 6.45) is 1.29. The van der Waals surface area contributed by atoms with Crippen LogP contribution in [0.5, 0.6) is 5.75 Å². The van der Waals surface area contributed by atoms with Gasteiger partial charge in [-0.3, -0.25) is 0 Å². The highest BCUT2D eigenvalue weighted by molar-refractivity contribution is 7.71. The molecule has 0 bridgehead atoms. The maximum Gasteiger partial charge on any atom is 0.216 e. The van der Waals surface area contributed by atoms with Gasteiger partial charge in [0.15, 0.2) is 5.82 Å². The van der Waals surface area contributed by atoms with E-state index < -0.39 is 5.82 Å². The minimum atomic E-state index is -0.467. The van der Waals surface area contributed by atoms with Crippen LogP contribution in [-0.4, -0.2) is 27.7 Å². The molecule has 0 aliphatic rings. The lowest BCUT2D eigenvalue weighted by Gasteiger charge is -2.07. The minimum Gasteiger partial charge on any atom is -0.494 e. The van der Waals surface area contributed by atoms with Crippen molar-refractivity contribution in [2.24, 2.45) is 5.10 Å². The van der Waals surface area contributed by atoms with Crippen LogP contribution in [0.15, 0.2) is 47.6 Å². The highest BCUT2D eigenvalue weighted by Gasteiger charge is 2.09. The summed E-state index contributed by atoms with van der Waals surface area (Å²) in [4.78, 5) is 0. The lowest BCUT2D eigenvalue weighted by molar-refractivity contribution is 0.340. The first kappa shape index (κ1) is 18.1. The zero-order valence-electron chi connectivity index (χ0n) is 13.7. The molecular weight excluding hydrogens is 377 g/mol. The van der Waals surface area contributed by atoms with Gasteiger partial charge < -0.3 is 4.74 Å². The van der Waals surface area contributed by atoms with Crippen LogP contribution in [0.4, 0.5) is 4.39 Å². The summed E-state index contributed by atoms with van der Waals surface area (Å²) in [5.74, 6) is 0.817. The quantitative estimate of drug-likeness (QED) is 0.372. The fourth-order valence-electron chi connectivity index (χ4n) is 2.24. The predicted octanol–water partition coefficient (Wildman–Crippen LogP) is 4.38. The highest BCUT2D eigenvalue weighted by Crippen LogP contribution is 2.21. The Morgan fingerprint density at radius 1 is 1.35 bits per heavy atom. The van der Waals surface area contributed by atoms with E-state index in [0.717, 1.165) is 11.3 Å². The van der Waals surface area contributed by atoms with E-state index in [0.29, 0.717) is 17.2 Å². The zero-order chi connectivity index (χ0) is 18.5. The third kappa shape index (κ3) is 3.92. The number of hydrogen-bond acceptors (Lipinski definition) is 5. The van der Waals surface area contributed by atoms with Gasteiger partial charge in [-0.15, -0.1) is 0 Å². The number of H-pyrrole nitrogens is 1.